The Kier molecular flexibility index (Phi) is 4.73. The molecule has 3 heteroatoms. The molecule has 1 rings (SSSR count). The second-order valence-electron chi connectivity index (χ2n) is 3.97. The van der Waals surface area contributed by atoms with Gasteiger partial charge in [0.1, 0.15) is 0 Å². The number of amides is 1. The number of nitrogens with zero attached hydrogens (tertiary/aromatic N) is 1. The van der Waals surface area contributed by atoms with Crippen LogP contribution in [0.1, 0.15) is 5.56 Å². The van der Waals surface area contributed by atoms with Crippen molar-refractivity contribution in [2.45, 2.75) is 6.92 Å². The van der Waals surface area contributed by atoms with E-state index in [2.05, 4.69) is 5.32 Å². The Morgan fingerprint density at radius 2 is 2.06 bits per heavy atom. The molecular formula is C13H18N2O. The summed E-state index contributed by atoms with van der Waals surface area (Å²) in [5.41, 5.74) is 1.93. The fourth-order valence-electron chi connectivity index (χ4n) is 1.26. The van der Waals surface area contributed by atoms with Crippen molar-refractivity contribution < 1.29 is 4.79 Å². The molecule has 0 aliphatic heterocycles. The van der Waals surface area contributed by atoms with E-state index < -0.39 is 0 Å². The highest BCUT2D eigenvalue weighted by Crippen LogP contribution is 2.12. The van der Waals surface area contributed by atoms with Crippen molar-refractivity contribution in [3.63, 3.8) is 0 Å². The Morgan fingerprint density at radius 3 is 2.69 bits per heavy atom. The minimum absolute atomic E-state index is 0.0869. The Labute approximate surface area is 96.8 Å². The third-order valence-electron chi connectivity index (χ3n) is 2.14. The maximum absolute atomic E-state index is 11.5. The first kappa shape index (κ1) is 12.5. The van der Waals surface area contributed by atoms with E-state index in [9.17, 15) is 4.79 Å². The summed E-state index contributed by atoms with van der Waals surface area (Å²) in [5, 5.41) is 2.84. The second-order valence-corrected chi connectivity index (χ2v) is 3.97. The zero-order valence-corrected chi connectivity index (χ0v) is 10.0. The van der Waals surface area contributed by atoms with Gasteiger partial charge in [0.15, 0.2) is 0 Å². The van der Waals surface area contributed by atoms with E-state index in [4.69, 9.17) is 0 Å². The van der Waals surface area contributed by atoms with Gasteiger partial charge in [-0.15, -0.1) is 0 Å². The highest BCUT2D eigenvalue weighted by Gasteiger charge is 1.99. The van der Waals surface area contributed by atoms with E-state index >= 15 is 0 Å². The summed E-state index contributed by atoms with van der Waals surface area (Å²) in [4.78, 5) is 13.5. The molecule has 1 aromatic carbocycles. The van der Waals surface area contributed by atoms with Crippen LogP contribution in [0.5, 0.6) is 0 Å². The summed E-state index contributed by atoms with van der Waals surface area (Å²) in [6, 6.07) is 7.73. The van der Waals surface area contributed by atoms with Gasteiger partial charge < -0.3 is 10.2 Å². The number of hydrogen-bond acceptors (Lipinski definition) is 2. The molecule has 0 radical (unpaired) electrons. The first-order valence-corrected chi connectivity index (χ1v) is 5.27. The van der Waals surface area contributed by atoms with Gasteiger partial charge in [-0.1, -0.05) is 24.3 Å². The minimum atomic E-state index is -0.0869. The molecule has 0 spiro atoms. The SMILES string of the molecule is Cc1ccccc1NC(=O)/C=C/CN(C)C. The number of aryl methyl sites for hydroxylation is 1. The summed E-state index contributed by atoms with van der Waals surface area (Å²) in [7, 11) is 3.92. The van der Waals surface area contributed by atoms with Gasteiger partial charge in [0.2, 0.25) is 5.91 Å². The number of rotatable bonds is 4. The van der Waals surface area contributed by atoms with Crippen molar-refractivity contribution >= 4 is 11.6 Å². The number of likely N-dealkylation sites (N-methyl/N-ethyl adjacent to an activating group) is 1. The summed E-state index contributed by atoms with van der Waals surface area (Å²) in [5.74, 6) is -0.0869. The molecule has 0 aliphatic rings. The first-order chi connectivity index (χ1) is 7.59. The van der Waals surface area contributed by atoms with Crippen LogP contribution in [0.15, 0.2) is 36.4 Å². The number of nitrogens with one attached hydrogen (secondary N) is 1. The number of anilines is 1. The molecule has 0 atom stereocenters. The number of hydrogen-bond donors (Lipinski definition) is 1. The third-order valence-corrected chi connectivity index (χ3v) is 2.14. The van der Waals surface area contributed by atoms with E-state index in [0.717, 1.165) is 17.8 Å². The van der Waals surface area contributed by atoms with Gasteiger partial charge in [0, 0.05) is 18.3 Å². The minimum Gasteiger partial charge on any atom is -0.322 e. The molecule has 0 bridgehead atoms. The van der Waals surface area contributed by atoms with Gasteiger partial charge in [-0.05, 0) is 32.6 Å². The van der Waals surface area contributed by atoms with Crippen LogP contribution in [0.25, 0.3) is 0 Å². The molecule has 0 fully saturated rings. The first-order valence-electron chi connectivity index (χ1n) is 5.27. The number of carbonyl (C=O) groups excluding carboxylic acids is 1. The molecule has 0 heterocycles. The van der Waals surface area contributed by atoms with Gasteiger partial charge in [-0.3, -0.25) is 4.79 Å². The Hall–Kier alpha value is -1.61. The van der Waals surface area contributed by atoms with Crippen LogP contribution < -0.4 is 5.32 Å². The van der Waals surface area contributed by atoms with Crippen molar-refractivity contribution in [3.05, 3.63) is 42.0 Å². The van der Waals surface area contributed by atoms with E-state index in [-0.39, 0.29) is 5.91 Å². The number of para-hydroxylation sites is 1. The van der Waals surface area contributed by atoms with Gasteiger partial charge in [-0.2, -0.15) is 0 Å². The molecule has 16 heavy (non-hydrogen) atoms. The van der Waals surface area contributed by atoms with Crippen LogP contribution in [-0.4, -0.2) is 31.4 Å². The van der Waals surface area contributed by atoms with Crippen molar-refractivity contribution in [1.29, 1.82) is 0 Å². The van der Waals surface area contributed by atoms with Crippen LogP contribution in [0.3, 0.4) is 0 Å². The topological polar surface area (TPSA) is 32.3 Å². The van der Waals surface area contributed by atoms with Crippen LogP contribution in [0.2, 0.25) is 0 Å². The standard InChI is InChI=1S/C13H18N2O/c1-11-7-4-5-8-12(11)14-13(16)9-6-10-15(2)3/h4-9H,10H2,1-3H3,(H,14,16)/b9-6+. The van der Waals surface area contributed by atoms with Crippen LogP contribution in [-0.2, 0) is 4.79 Å². The van der Waals surface area contributed by atoms with Gasteiger partial charge >= 0.3 is 0 Å². The molecule has 1 aromatic rings. The molecule has 86 valence electrons. The normalized spacial score (nSPS) is 11.0. The predicted octanol–water partition coefficient (Wildman–Crippen LogP) is 2.05. The Balaban J connectivity index is 2.52. The van der Waals surface area contributed by atoms with Gasteiger partial charge in [-0.25, -0.2) is 0 Å². The lowest BCUT2D eigenvalue weighted by atomic mass is 10.2. The van der Waals surface area contributed by atoms with E-state index in [0.29, 0.717) is 0 Å². The Bertz CT molecular complexity index is 383. The maximum Gasteiger partial charge on any atom is 0.248 e. The zero-order chi connectivity index (χ0) is 12.0. The lowest BCUT2D eigenvalue weighted by molar-refractivity contribution is -0.111. The van der Waals surface area contributed by atoms with Crippen LogP contribution in [0, 0.1) is 6.92 Å². The fourth-order valence-corrected chi connectivity index (χ4v) is 1.26. The monoisotopic (exact) mass is 218 g/mol. The second kappa shape index (κ2) is 6.08. The number of carbonyl (C=O) groups is 1. The zero-order valence-electron chi connectivity index (χ0n) is 10.0. The lowest BCUT2D eigenvalue weighted by Gasteiger charge is -2.06. The smallest absolute Gasteiger partial charge is 0.248 e. The molecule has 1 N–H and O–H groups in total. The van der Waals surface area contributed by atoms with Crippen molar-refractivity contribution in [2.24, 2.45) is 0 Å². The number of benzene rings is 1. The quantitative estimate of drug-likeness (QED) is 0.784. The van der Waals surface area contributed by atoms with Crippen molar-refractivity contribution in [1.82, 2.24) is 4.90 Å². The van der Waals surface area contributed by atoms with Crippen molar-refractivity contribution in [2.75, 3.05) is 26.0 Å². The van der Waals surface area contributed by atoms with Crippen LogP contribution in [0.4, 0.5) is 5.69 Å². The molecule has 0 aliphatic carbocycles. The molecule has 0 saturated carbocycles. The third kappa shape index (κ3) is 4.28. The molecule has 3 nitrogen and oxygen atoms in total. The highest BCUT2D eigenvalue weighted by atomic mass is 16.1. The summed E-state index contributed by atoms with van der Waals surface area (Å²) < 4.78 is 0. The van der Waals surface area contributed by atoms with E-state index in [1.807, 2.05) is 56.3 Å². The molecule has 0 aromatic heterocycles. The highest BCUT2D eigenvalue weighted by molar-refractivity contribution is 5.99. The molecule has 0 unspecified atom stereocenters. The Morgan fingerprint density at radius 1 is 1.38 bits per heavy atom. The predicted molar refractivity (Wildman–Crippen MR) is 67.5 cm³/mol. The molecule has 0 saturated heterocycles. The largest absolute Gasteiger partial charge is 0.322 e. The summed E-state index contributed by atoms with van der Waals surface area (Å²) in [6.07, 6.45) is 3.40. The van der Waals surface area contributed by atoms with Gasteiger partial charge in [0.05, 0.1) is 0 Å². The fraction of sp³-hybridized carbons (Fsp3) is 0.308. The van der Waals surface area contributed by atoms with Gasteiger partial charge in [0.25, 0.3) is 0 Å². The maximum atomic E-state index is 11.5. The molecular weight excluding hydrogens is 200 g/mol. The average Bonchev–Trinajstić information content (AvgIpc) is 2.21. The average molecular weight is 218 g/mol. The lowest BCUT2D eigenvalue weighted by Crippen LogP contribution is -2.13. The van der Waals surface area contributed by atoms with E-state index in [1.54, 1.807) is 6.08 Å². The summed E-state index contributed by atoms with van der Waals surface area (Å²) in [6.45, 7) is 2.74. The van der Waals surface area contributed by atoms with E-state index in [1.165, 1.54) is 0 Å². The van der Waals surface area contributed by atoms with Crippen molar-refractivity contribution in [3.8, 4) is 0 Å². The van der Waals surface area contributed by atoms with Crippen LogP contribution >= 0.6 is 0 Å². The molecule has 1 amide bonds. The summed E-state index contributed by atoms with van der Waals surface area (Å²) >= 11 is 0.